The molecule has 12 heavy (non-hydrogen) atoms. The number of hydrogen-bond acceptors (Lipinski definition) is 3. The van der Waals surface area contributed by atoms with Gasteiger partial charge in [-0.2, -0.15) is 0 Å². The summed E-state index contributed by atoms with van der Waals surface area (Å²) in [5.74, 6) is 0. The second-order valence-electron chi connectivity index (χ2n) is 2.20. The van der Waals surface area contributed by atoms with E-state index in [1.165, 1.54) is 5.39 Å². The van der Waals surface area contributed by atoms with Crippen LogP contribution in [0.1, 0.15) is 0 Å². The molecule has 0 radical (unpaired) electrons. The van der Waals surface area contributed by atoms with Gasteiger partial charge in [-0.15, -0.1) is 0 Å². The molecule has 2 aromatic rings. The van der Waals surface area contributed by atoms with Gasteiger partial charge in [-0.3, -0.25) is 4.98 Å². The maximum absolute atomic E-state index is 6.00. The van der Waals surface area contributed by atoms with Crippen molar-refractivity contribution in [3.8, 4) is 0 Å². The van der Waals surface area contributed by atoms with E-state index in [1.54, 1.807) is 0 Å². The zero-order valence-corrected chi connectivity index (χ0v) is 6.38. The lowest BCUT2D eigenvalue weighted by Gasteiger charge is -1.91. The van der Waals surface area contributed by atoms with Crippen molar-refractivity contribution in [2.24, 2.45) is 0 Å². The Morgan fingerprint density at radius 2 is 1.58 bits per heavy atom. The van der Waals surface area contributed by atoms with Crippen molar-refractivity contribution in [3.63, 3.8) is 0 Å². The first-order chi connectivity index (χ1) is 5.97. The van der Waals surface area contributed by atoms with Crippen LogP contribution in [0.4, 0.5) is 0 Å². The van der Waals surface area contributed by atoms with E-state index in [0.717, 1.165) is 5.52 Å². The summed E-state index contributed by atoms with van der Waals surface area (Å²) in [6, 6.07) is 12.1. The Morgan fingerprint density at radius 1 is 0.917 bits per heavy atom. The minimum Gasteiger partial charge on any atom is -0.256 e. The molecule has 3 heteroatoms. The van der Waals surface area contributed by atoms with Gasteiger partial charge in [-0.05, 0) is 12.1 Å². The summed E-state index contributed by atoms with van der Waals surface area (Å²) in [4.78, 5) is 4.18. The molecule has 3 nitrogen and oxygen atoms in total. The van der Waals surface area contributed by atoms with Crippen molar-refractivity contribution in [1.82, 2.24) is 4.98 Å². The van der Waals surface area contributed by atoms with Crippen LogP contribution in [0.5, 0.6) is 0 Å². The fourth-order valence-corrected chi connectivity index (χ4v) is 1.02. The standard InChI is InChI=1S/C9H7N.N2/c1-2-6-9-8(4-1)5-3-7-10-9;1-2/h1-7H;. The number of pyridine rings is 1. The predicted octanol–water partition coefficient (Wildman–Crippen LogP) is 2.26. The highest BCUT2D eigenvalue weighted by Crippen LogP contribution is 2.07. The third-order valence-electron chi connectivity index (χ3n) is 1.51. The van der Waals surface area contributed by atoms with Crippen LogP contribution in [0.25, 0.3) is 10.9 Å². The predicted molar refractivity (Wildman–Crippen MR) is 45.2 cm³/mol. The largest absolute Gasteiger partial charge is 0.256 e. The number of aromatic nitrogens is 1. The highest BCUT2D eigenvalue weighted by molar-refractivity contribution is 5.77. The Balaban J connectivity index is 0.000000336. The molecule has 0 unspecified atom stereocenters. The fraction of sp³-hybridized carbons (Fsp3) is 0. The van der Waals surface area contributed by atoms with E-state index < -0.39 is 0 Å². The summed E-state index contributed by atoms with van der Waals surface area (Å²) in [7, 11) is 0. The third-order valence-corrected chi connectivity index (χ3v) is 1.51. The van der Waals surface area contributed by atoms with Gasteiger partial charge >= 0.3 is 0 Å². The molecule has 2 rings (SSSR count). The summed E-state index contributed by atoms with van der Waals surface area (Å²) in [5.41, 5.74) is 1.06. The van der Waals surface area contributed by atoms with Gasteiger partial charge in [0.15, 0.2) is 0 Å². The van der Waals surface area contributed by atoms with Crippen molar-refractivity contribution in [1.29, 1.82) is 10.8 Å². The number of benzene rings is 1. The summed E-state index contributed by atoms with van der Waals surface area (Å²) in [6.45, 7) is 0. The first-order valence-corrected chi connectivity index (χ1v) is 3.46. The maximum Gasteiger partial charge on any atom is 0.0701 e. The molecule has 0 bridgehead atoms. The Kier molecular flexibility index (Phi) is 2.74. The molecular formula is C9H7N3. The number of nitrogens with zero attached hydrogens (tertiary/aromatic N) is 3. The lowest BCUT2D eigenvalue weighted by Crippen LogP contribution is -1.73. The van der Waals surface area contributed by atoms with Crippen LogP contribution in [-0.2, 0) is 0 Å². The van der Waals surface area contributed by atoms with E-state index in [1.807, 2.05) is 30.5 Å². The van der Waals surface area contributed by atoms with Gasteiger partial charge in [-0.1, -0.05) is 24.3 Å². The van der Waals surface area contributed by atoms with Crippen LogP contribution >= 0.6 is 0 Å². The number of hydrogen-bond donors (Lipinski definition) is 0. The van der Waals surface area contributed by atoms with Gasteiger partial charge in [0.25, 0.3) is 0 Å². The van der Waals surface area contributed by atoms with Crippen LogP contribution in [-0.4, -0.2) is 4.98 Å². The SMILES string of the molecule is N#N.c1ccc2ncccc2c1. The second-order valence-corrected chi connectivity index (χ2v) is 2.20. The normalized spacial score (nSPS) is 8.50. The summed E-state index contributed by atoms with van der Waals surface area (Å²) >= 11 is 0. The van der Waals surface area contributed by atoms with Crippen LogP contribution in [0.3, 0.4) is 0 Å². The molecule has 0 saturated carbocycles. The first kappa shape index (κ1) is 8.15. The molecule has 1 heterocycles. The first-order valence-electron chi connectivity index (χ1n) is 3.46. The smallest absolute Gasteiger partial charge is 0.0701 e. The fourth-order valence-electron chi connectivity index (χ4n) is 1.02. The van der Waals surface area contributed by atoms with Crippen LogP contribution in [0, 0.1) is 10.8 Å². The quantitative estimate of drug-likeness (QED) is 0.551. The van der Waals surface area contributed by atoms with Crippen molar-refractivity contribution in [3.05, 3.63) is 42.6 Å². The highest BCUT2D eigenvalue weighted by Gasteiger charge is 1.86. The van der Waals surface area contributed by atoms with E-state index in [-0.39, 0.29) is 0 Å². The van der Waals surface area contributed by atoms with Crippen molar-refractivity contribution in [2.45, 2.75) is 0 Å². The zero-order valence-electron chi connectivity index (χ0n) is 6.38. The minimum atomic E-state index is 1.06. The maximum atomic E-state index is 6.00. The molecule has 1 aromatic heterocycles. The minimum absolute atomic E-state index is 1.06. The van der Waals surface area contributed by atoms with Crippen LogP contribution < -0.4 is 0 Å². The Labute approximate surface area is 70.1 Å². The van der Waals surface area contributed by atoms with E-state index in [9.17, 15) is 0 Å². The Bertz CT molecular complexity index is 316. The molecule has 0 N–H and O–H groups in total. The molecule has 0 amide bonds. The van der Waals surface area contributed by atoms with Gasteiger partial charge in [0.2, 0.25) is 0 Å². The molecule has 58 valence electrons. The van der Waals surface area contributed by atoms with Gasteiger partial charge in [0.05, 0.1) is 5.52 Å². The van der Waals surface area contributed by atoms with E-state index in [2.05, 4.69) is 17.1 Å². The number of para-hydroxylation sites is 1. The molecule has 1 aromatic carbocycles. The third kappa shape index (κ3) is 1.55. The highest BCUT2D eigenvalue weighted by atomic mass is 14.6. The topological polar surface area (TPSA) is 60.5 Å². The zero-order chi connectivity index (χ0) is 8.81. The van der Waals surface area contributed by atoms with E-state index in [0.29, 0.717) is 0 Å². The molecule has 0 saturated heterocycles. The molecule has 0 atom stereocenters. The molecule has 0 spiro atoms. The molecule has 0 aliphatic rings. The Morgan fingerprint density at radius 3 is 2.33 bits per heavy atom. The van der Waals surface area contributed by atoms with Crippen LogP contribution in [0.15, 0.2) is 42.6 Å². The van der Waals surface area contributed by atoms with Crippen molar-refractivity contribution in [2.75, 3.05) is 0 Å². The average molecular weight is 157 g/mol. The van der Waals surface area contributed by atoms with Gasteiger partial charge in [-0.25, -0.2) is 0 Å². The van der Waals surface area contributed by atoms with Crippen molar-refractivity contribution >= 4 is 10.9 Å². The molecule has 0 aliphatic heterocycles. The van der Waals surface area contributed by atoms with Gasteiger partial charge in [0, 0.05) is 22.4 Å². The van der Waals surface area contributed by atoms with Gasteiger partial charge in [0.1, 0.15) is 0 Å². The monoisotopic (exact) mass is 157 g/mol. The molecular weight excluding hydrogens is 150 g/mol. The molecule has 0 aliphatic carbocycles. The van der Waals surface area contributed by atoms with E-state index >= 15 is 0 Å². The number of fused-ring (bicyclic) bond motifs is 1. The van der Waals surface area contributed by atoms with Gasteiger partial charge < -0.3 is 0 Å². The Hall–Kier alpha value is -1.95. The summed E-state index contributed by atoms with van der Waals surface area (Å²) in [5, 5.41) is 13.2. The summed E-state index contributed by atoms with van der Waals surface area (Å²) in [6.07, 6.45) is 1.81. The average Bonchev–Trinajstić information content (AvgIpc) is 2.21. The lowest BCUT2D eigenvalue weighted by atomic mass is 10.2. The van der Waals surface area contributed by atoms with E-state index in [4.69, 9.17) is 10.8 Å². The second kappa shape index (κ2) is 4.04. The lowest BCUT2D eigenvalue weighted by molar-refractivity contribution is 1.15. The van der Waals surface area contributed by atoms with Crippen molar-refractivity contribution < 1.29 is 0 Å². The van der Waals surface area contributed by atoms with Crippen LogP contribution in [0.2, 0.25) is 0 Å². The summed E-state index contributed by atoms with van der Waals surface area (Å²) < 4.78 is 0. The number of rotatable bonds is 0. The molecule has 0 fully saturated rings.